The first-order valence-electron chi connectivity index (χ1n) is 5.85. The van der Waals surface area contributed by atoms with Gasteiger partial charge in [-0.05, 0) is 31.5 Å². The molecule has 4 nitrogen and oxygen atoms in total. The van der Waals surface area contributed by atoms with E-state index in [-0.39, 0.29) is 5.91 Å². The third-order valence-corrected chi connectivity index (χ3v) is 2.40. The minimum absolute atomic E-state index is 0.132. The van der Waals surface area contributed by atoms with Gasteiger partial charge in [0.2, 0.25) is 0 Å². The van der Waals surface area contributed by atoms with Crippen molar-refractivity contribution in [1.82, 2.24) is 5.32 Å². The second kappa shape index (κ2) is 7.06. The predicted molar refractivity (Wildman–Crippen MR) is 63.3 cm³/mol. The predicted octanol–water partition coefficient (Wildman–Crippen LogP) is 1.70. The zero-order valence-electron chi connectivity index (χ0n) is 9.79. The number of carbonyl (C=O) groups is 1. The molecule has 0 saturated heterocycles. The van der Waals surface area contributed by atoms with Gasteiger partial charge in [0.15, 0.2) is 5.76 Å². The lowest BCUT2D eigenvalue weighted by molar-refractivity contribution is 0.0923. The van der Waals surface area contributed by atoms with Crippen LogP contribution < -0.4 is 11.1 Å². The lowest BCUT2D eigenvalue weighted by atomic mass is 10.2. The molecule has 1 aromatic rings. The molecular formula is C12H20N2O2. The smallest absolute Gasteiger partial charge is 0.286 e. The van der Waals surface area contributed by atoms with Gasteiger partial charge >= 0.3 is 0 Å². The van der Waals surface area contributed by atoms with Crippen molar-refractivity contribution in [1.29, 1.82) is 0 Å². The maximum atomic E-state index is 11.6. The average molecular weight is 224 g/mol. The van der Waals surface area contributed by atoms with Gasteiger partial charge in [0.25, 0.3) is 5.91 Å². The van der Waals surface area contributed by atoms with Crippen LogP contribution in [0.1, 0.15) is 42.5 Å². The normalized spacial score (nSPS) is 10.4. The number of rotatable bonds is 7. The maximum Gasteiger partial charge on any atom is 0.286 e. The number of nitrogens with two attached hydrogens (primary N) is 1. The van der Waals surface area contributed by atoms with E-state index in [0.29, 0.717) is 18.8 Å². The van der Waals surface area contributed by atoms with Gasteiger partial charge in [0.1, 0.15) is 5.76 Å². The molecule has 0 aromatic carbocycles. The molecule has 0 aliphatic heterocycles. The van der Waals surface area contributed by atoms with Crippen LogP contribution in [0.3, 0.4) is 0 Å². The van der Waals surface area contributed by atoms with Crippen LogP contribution in [0, 0.1) is 0 Å². The average Bonchev–Trinajstić information content (AvgIpc) is 2.77. The molecule has 4 heteroatoms. The Morgan fingerprint density at radius 3 is 2.81 bits per heavy atom. The standard InChI is InChI=1S/C12H20N2O2/c1-2-10-6-7-11(16-10)12(15)14-9-5-3-4-8-13/h6-7H,2-5,8-9,13H2,1H3,(H,14,15). The van der Waals surface area contributed by atoms with Gasteiger partial charge < -0.3 is 15.5 Å². The summed E-state index contributed by atoms with van der Waals surface area (Å²) in [6.45, 7) is 3.39. The Labute approximate surface area is 96.2 Å². The Bertz CT molecular complexity index is 321. The van der Waals surface area contributed by atoms with Gasteiger partial charge in [-0.2, -0.15) is 0 Å². The molecule has 0 saturated carbocycles. The first-order valence-corrected chi connectivity index (χ1v) is 5.85. The Kier molecular flexibility index (Phi) is 5.64. The van der Waals surface area contributed by atoms with Gasteiger partial charge in [-0.1, -0.05) is 13.3 Å². The summed E-state index contributed by atoms with van der Waals surface area (Å²) in [5.74, 6) is 1.11. The largest absolute Gasteiger partial charge is 0.456 e. The highest BCUT2D eigenvalue weighted by atomic mass is 16.3. The minimum Gasteiger partial charge on any atom is -0.456 e. The van der Waals surface area contributed by atoms with Gasteiger partial charge in [0.05, 0.1) is 0 Å². The van der Waals surface area contributed by atoms with Crippen molar-refractivity contribution in [2.24, 2.45) is 5.73 Å². The highest BCUT2D eigenvalue weighted by molar-refractivity contribution is 5.91. The third kappa shape index (κ3) is 4.06. The monoisotopic (exact) mass is 224 g/mol. The summed E-state index contributed by atoms with van der Waals surface area (Å²) >= 11 is 0. The molecule has 0 atom stereocenters. The first-order chi connectivity index (χ1) is 7.77. The van der Waals surface area contributed by atoms with Crippen molar-refractivity contribution in [3.05, 3.63) is 23.7 Å². The quantitative estimate of drug-likeness (QED) is 0.693. The fourth-order valence-corrected chi connectivity index (χ4v) is 1.43. The van der Waals surface area contributed by atoms with Gasteiger partial charge in [-0.15, -0.1) is 0 Å². The van der Waals surface area contributed by atoms with Crippen LogP contribution >= 0.6 is 0 Å². The highest BCUT2D eigenvalue weighted by Gasteiger charge is 2.09. The van der Waals surface area contributed by atoms with Crippen LogP contribution in [-0.4, -0.2) is 19.0 Å². The summed E-state index contributed by atoms with van der Waals surface area (Å²) in [6.07, 6.45) is 3.83. The van der Waals surface area contributed by atoms with E-state index in [1.54, 1.807) is 6.07 Å². The molecule has 0 bridgehead atoms. The second-order valence-electron chi connectivity index (χ2n) is 3.72. The summed E-state index contributed by atoms with van der Waals surface area (Å²) in [7, 11) is 0. The van der Waals surface area contributed by atoms with Crippen LogP contribution in [0.25, 0.3) is 0 Å². The van der Waals surface area contributed by atoms with E-state index < -0.39 is 0 Å². The fraction of sp³-hybridized carbons (Fsp3) is 0.583. The zero-order chi connectivity index (χ0) is 11.8. The van der Waals surface area contributed by atoms with Crippen molar-refractivity contribution in [3.63, 3.8) is 0 Å². The molecular weight excluding hydrogens is 204 g/mol. The molecule has 1 heterocycles. The number of amides is 1. The number of furan rings is 1. The molecule has 0 fully saturated rings. The lowest BCUT2D eigenvalue weighted by Crippen LogP contribution is -2.24. The number of hydrogen-bond acceptors (Lipinski definition) is 3. The van der Waals surface area contributed by atoms with Crippen LogP contribution in [-0.2, 0) is 6.42 Å². The molecule has 1 rings (SSSR count). The molecule has 0 unspecified atom stereocenters. The molecule has 0 aliphatic carbocycles. The van der Waals surface area contributed by atoms with Crippen LogP contribution in [0.2, 0.25) is 0 Å². The van der Waals surface area contributed by atoms with Crippen molar-refractivity contribution in [2.45, 2.75) is 32.6 Å². The topological polar surface area (TPSA) is 68.3 Å². The third-order valence-electron chi connectivity index (χ3n) is 2.40. The number of carbonyl (C=O) groups excluding carboxylic acids is 1. The van der Waals surface area contributed by atoms with Crippen molar-refractivity contribution < 1.29 is 9.21 Å². The van der Waals surface area contributed by atoms with Crippen LogP contribution in [0.4, 0.5) is 0 Å². The molecule has 1 amide bonds. The maximum absolute atomic E-state index is 11.6. The Morgan fingerprint density at radius 1 is 1.38 bits per heavy atom. The number of nitrogens with one attached hydrogen (secondary N) is 1. The minimum atomic E-state index is -0.132. The molecule has 3 N–H and O–H groups in total. The lowest BCUT2D eigenvalue weighted by Gasteiger charge is -2.02. The van der Waals surface area contributed by atoms with E-state index >= 15 is 0 Å². The molecule has 16 heavy (non-hydrogen) atoms. The zero-order valence-corrected chi connectivity index (χ0v) is 9.79. The van der Waals surface area contributed by atoms with Crippen molar-refractivity contribution >= 4 is 5.91 Å². The van der Waals surface area contributed by atoms with E-state index in [1.807, 2.05) is 13.0 Å². The summed E-state index contributed by atoms with van der Waals surface area (Å²) < 4.78 is 5.34. The van der Waals surface area contributed by atoms with Gasteiger partial charge in [-0.3, -0.25) is 4.79 Å². The van der Waals surface area contributed by atoms with E-state index in [1.165, 1.54) is 0 Å². The van der Waals surface area contributed by atoms with Gasteiger partial charge in [-0.25, -0.2) is 0 Å². The Hall–Kier alpha value is -1.29. The van der Waals surface area contributed by atoms with Crippen molar-refractivity contribution in [2.75, 3.05) is 13.1 Å². The molecule has 0 spiro atoms. The van der Waals surface area contributed by atoms with Crippen LogP contribution in [0.15, 0.2) is 16.5 Å². The summed E-state index contributed by atoms with van der Waals surface area (Å²) in [4.78, 5) is 11.6. The summed E-state index contributed by atoms with van der Waals surface area (Å²) in [5.41, 5.74) is 5.38. The molecule has 0 radical (unpaired) electrons. The first kappa shape index (κ1) is 12.8. The number of hydrogen-bond donors (Lipinski definition) is 2. The number of aryl methyl sites for hydroxylation is 1. The SMILES string of the molecule is CCc1ccc(C(=O)NCCCCCN)o1. The van der Waals surface area contributed by atoms with E-state index in [9.17, 15) is 4.79 Å². The summed E-state index contributed by atoms with van der Waals surface area (Å²) in [6, 6.07) is 3.55. The Balaban J connectivity index is 2.24. The summed E-state index contributed by atoms with van der Waals surface area (Å²) in [5, 5.41) is 2.82. The molecule has 1 aromatic heterocycles. The van der Waals surface area contributed by atoms with Crippen LogP contribution in [0.5, 0.6) is 0 Å². The number of unbranched alkanes of at least 4 members (excludes halogenated alkanes) is 2. The van der Waals surface area contributed by atoms with Gasteiger partial charge in [0, 0.05) is 13.0 Å². The van der Waals surface area contributed by atoms with E-state index in [4.69, 9.17) is 10.2 Å². The van der Waals surface area contributed by atoms with E-state index in [0.717, 1.165) is 31.4 Å². The second-order valence-corrected chi connectivity index (χ2v) is 3.72. The van der Waals surface area contributed by atoms with E-state index in [2.05, 4.69) is 5.32 Å². The molecule has 0 aliphatic rings. The van der Waals surface area contributed by atoms with Crippen molar-refractivity contribution in [3.8, 4) is 0 Å². The Morgan fingerprint density at radius 2 is 2.19 bits per heavy atom. The highest BCUT2D eigenvalue weighted by Crippen LogP contribution is 2.08. The molecule has 90 valence electrons. The fourth-order valence-electron chi connectivity index (χ4n) is 1.43.